The van der Waals surface area contributed by atoms with Crippen LogP contribution >= 0.6 is 0 Å². The van der Waals surface area contributed by atoms with E-state index in [4.69, 9.17) is 28.4 Å². The molecule has 17 nitrogen and oxygen atoms in total. The van der Waals surface area contributed by atoms with Gasteiger partial charge < -0.3 is 69.3 Å². The highest BCUT2D eigenvalue weighted by atomic mass is 16.8. The molecule has 0 bridgehead atoms. The SMILES string of the molecule is O=C(/C=C/c1ccc(O)cc1)OC[C@H]1O[C@@](COC(=O)/C=C/c2ccc(O)cc2)(O[C@@H]2O[C@@H](CO)[C@H](O)[C@@H](O)[C@@H]2O)[C@@H](OC(=O)/C=C/c2ccc(O)cc2)[C@@H]1O. The molecule has 17 heteroatoms. The molecule has 3 aromatic rings. The first-order valence-electron chi connectivity index (χ1n) is 17.1. The Labute approximate surface area is 319 Å². The molecule has 298 valence electrons. The zero-order valence-corrected chi connectivity index (χ0v) is 29.4. The highest BCUT2D eigenvalue weighted by Gasteiger charge is 2.62. The van der Waals surface area contributed by atoms with Gasteiger partial charge in [0.15, 0.2) is 12.4 Å². The maximum absolute atomic E-state index is 13.2. The number of aromatic hydroxyl groups is 3. The summed E-state index contributed by atoms with van der Waals surface area (Å²) in [7, 11) is 0. The maximum atomic E-state index is 13.2. The fourth-order valence-electron chi connectivity index (χ4n) is 5.59. The first-order valence-corrected chi connectivity index (χ1v) is 17.1. The Morgan fingerprint density at radius 3 is 1.55 bits per heavy atom. The Kier molecular flexibility index (Phi) is 13.9. The summed E-state index contributed by atoms with van der Waals surface area (Å²) in [5, 5.41) is 81.6. The molecule has 0 spiro atoms. The van der Waals surface area contributed by atoms with E-state index in [2.05, 4.69) is 0 Å². The van der Waals surface area contributed by atoms with E-state index in [1.807, 2.05) is 0 Å². The van der Waals surface area contributed by atoms with Crippen LogP contribution in [0.3, 0.4) is 0 Å². The van der Waals surface area contributed by atoms with Gasteiger partial charge >= 0.3 is 17.9 Å². The van der Waals surface area contributed by atoms with E-state index < -0.39 is 92.5 Å². The number of phenolic OH excluding ortho intramolecular Hbond substituents is 3. The topological polar surface area (TPSA) is 268 Å². The zero-order valence-electron chi connectivity index (χ0n) is 29.4. The summed E-state index contributed by atoms with van der Waals surface area (Å²) in [6.45, 7) is -2.55. The van der Waals surface area contributed by atoms with E-state index in [0.717, 1.165) is 18.2 Å². The van der Waals surface area contributed by atoms with Crippen LogP contribution in [0.1, 0.15) is 16.7 Å². The van der Waals surface area contributed by atoms with Gasteiger partial charge in [-0.25, -0.2) is 14.4 Å². The van der Waals surface area contributed by atoms with Gasteiger partial charge in [0.1, 0.15) is 67.1 Å². The number of aliphatic hydroxyl groups excluding tert-OH is 5. The summed E-state index contributed by atoms with van der Waals surface area (Å²) in [5.41, 5.74) is 1.50. The van der Waals surface area contributed by atoms with Crippen LogP contribution in [-0.2, 0) is 42.8 Å². The number of phenols is 3. The predicted octanol–water partition coefficient (Wildman–Crippen LogP) is 0.514. The number of hydrogen-bond acceptors (Lipinski definition) is 17. The van der Waals surface area contributed by atoms with Crippen LogP contribution in [0.4, 0.5) is 0 Å². The molecule has 0 aromatic heterocycles. The molecular weight excluding hydrogens is 740 g/mol. The molecule has 2 aliphatic rings. The summed E-state index contributed by atoms with van der Waals surface area (Å²) >= 11 is 0. The minimum atomic E-state index is -2.59. The summed E-state index contributed by atoms with van der Waals surface area (Å²) < 4.78 is 33.8. The van der Waals surface area contributed by atoms with E-state index in [0.29, 0.717) is 16.7 Å². The Bertz CT molecular complexity index is 1870. The summed E-state index contributed by atoms with van der Waals surface area (Å²) in [6, 6.07) is 17.4. The average molecular weight is 781 g/mol. The second kappa shape index (κ2) is 18.8. The largest absolute Gasteiger partial charge is 0.508 e. The summed E-state index contributed by atoms with van der Waals surface area (Å²) in [5.74, 6) is -5.63. The quantitative estimate of drug-likeness (QED) is 0.0629. The van der Waals surface area contributed by atoms with Crippen LogP contribution in [0.2, 0.25) is 0 Å². The molecule has 2 fully saturated rings. The second-order valence-corrected chi connectivity index (χ2v) is 12.6. The molecule has 2 saturated heterocycles. The van der Waals surface area contributed by atoms with Crippen molar-refractivity contribution in [2.45, 2.75) is 54.8 Å². The number of aliphatic hydroxyl groups is 5. The fourth-order valence-corrected chi connectivity index (χ4v) is 5.59. The lowest BCUT2D eigenvalue weighted by molar-refractivity contribution is -0.383. The molecule has 8 N–H and O–H groups in total. The van der Waals surface area contributed by atoms with E-state index in [9.17, 15) is 55.2 Å². The van der Waals surface area contributed by atoms with Crippen molar-refractivity contribution in [2.75, 3.05) is 19.8 Å². The van der Waals surface area contributed by atoms with Crippen LogP contribution in [0.5, 0.6) is 17.2 Å². The van der Waals surface area contributed by atoms with Gasteiger partial charge in [-0.2, -0.15) is 0 Å². The van der Waals surface area contributed by atoms with Gasteiger partial charge in [-0.05, 0) is 71.3 Å². The molecule has 9 atom stereocenters. The van der Waals surface area contributed by atoms with Gasteiger partial charge in [0.25, 0.3) is 0 Å². The van der Waals surface area contributed by atoms with Crippen molar-refractivity contribution < 1.29 is 83.7 Å². The van der Waals surface area contributed by atoms with E-state index >= 15 is 0 Å². The molecule has 2 aliphatic heterocycles. The molecule has 3 aromatic carbocycles. The third-order valence-corrected chi connectivity index (χ3v) is 8.60. The number of esters is 3. The summed E-state index contributed by atoms with van der Waals surface area (Å²) in [6.07, 6.45) is -7.60. The van der Waals surface area contributed by atoms with Crippen molar-refractivity contribution in [3.8, 4) is 17.2 Å². The maximum Gasteiger partial charge on any atom is 0.331 e. The molecule has 0 aliphatic carbocycles. The predicted molar refractivity (Wildman–Crippen MR) is 192 cm³/mol. The molecule has 0 radical (unpaired) electrons. The Hall–Kier alpha value is -5.63. The molecule has 2 heterocycles. The lowest BCUT2D eigenvalue weighted by Gasteiger charge is -2.43. The number of benzene rings is 3. The molecule has 5 rings (SSSR count). The van der Waals surface area contributed by atoms with Crippen LogP contribution in [0, 0.1) is 0 Å². The number of hydrogen-bond donors (Lipinski definition) is 8. The van der Waals surface area contributed by atoms with Gasteiger partial charge in [-0.3, -0.25) is 0 Å². The average Bonchev–Trinajstić information content (AvgIpc) is 3.44. The third-order valence-electron chi connectivity index (χ3n) is 8.60. The number of carbonyl (C=O) groups excluding carboxylic acids is 3. The van der Waals surface area contributed by atoms with Crippen LogP contribution < -0.4 is 0 Å². The van der Waals surface area contributed by atoms with Crippen molar-refractivity contribution in [2.24, 2.45) is 0 Å². The fraction of sp³-hybridized carbons (Fsp3) is 0.308. The minimum absolute atomic E-state index is 0.0108. The van der Waals surface area contributed by atoms with Gasteiger partial charge in [0.05, 0.1) is 6.61 Å². The standard InChI is InChI=1S/C39H40O17/c40-19-28-33(47)35(49)36(50)38(53-28)56-39(21-52-31(45)17-8-23-3-12-26(42)13-4-23)37(54-32(46)18-9-24-5-14-27(43)15-6-24)34(48)29(55-39)20-51-30(44)16-7-22-1-10-25(41)11-2-22/h1-18,28-29,33-38,40-43,47-50H,19-21H2/b16-7+,17-8+,18-9+/t28-,29+,33-,34+,35+,36-,37-,38-,39-/m0/s1. The van der Waals surface area contributed by atoms with Crippen LogP contribution in [0.25, 0.3) is 18.2 Å². The van der Waals surface area contributed by atoms with Crippen LogP contribution in [0.15, 0.2) is 91.0 Å². The number of ether oxygens (including phenoxy) is 6. The molecule has 0 unspecified atom stereocenters. The zero-order chi connectivity index (χ0) is 40.4. The van der Waals surface area contributed by atoms with E-state index in [1.54, 1.807) is 0 Å². The van der Waals surface area contributed by atoms with Gasteiger partial charge in [0, 0.05) is 18.2 Å². The number of carbonyl (C=O) groups is 3. The second-order valence-electron chi connectivity index (χ2n) is 12.6. The van der Waals surface area contributed by atoms with Gasteiger partial charge in [-0.1, -0.05) is 36.4 Å². The third kappa shape index (κ3) is 10.8. The Morgan fingerprint density at radius 1 is 0.607 bits per heavy atom. The van der Waals surface area contributed by atoms with Crippen molar-refractivity contribution in [3.63, 3.8) is 0 Å². The molecule has 56 heavy (non-hydrogen) atoms. The number of rotatable bonds is 14. The Morgan fingerprint density at radius 2 is 1.07 bits per heavy atom. The van der Waals surface area contributed by atoms with Crippen molar-refractivity contribution in [3.05, 3.63) is 108 Å². The van der Waals surface area contributed by atoms with E-state index in [-0.39, 0.29) is 17.2 Å². The van der Waals surface area contributed by atoms with Crippen LogP contribution in [-0.4, -0.2) is 133 Å². The monoisotopic (exact) mass is 780 g/mol. The van der Waals surface area contributed by atoms with Crippen molar-refractivity contribution in [1.29, 1.82) is 0 Å². The highest BCUT2D eigenvalue weighted by Crippen LogP contribution is 2.39. The first kappa shape index (κ1) is 41.5. The smallest absolute Gasteiger partial charge is 0.331 e. The van der Waals surface area contributed by atoms with Crippen molar-refractivity contribution in [1.82, 2.24) is 0 Å². The lowest BCUT2D eigenvalue weighted by Crippen LogP contribution is -2.63. The van der Waals surface area contributed by atoms with Crippen molar-refractivity contribution >= 4 is 36.1 Å². The lowest BCUT2D eigenvalue weighted by atomic mass is 9.99. The first-order chi connectivity index (χ1) is 26.8. The van der Waals surface area contributed by atoms with Gasteiger partial charge in [-0.15, -0.1) is 0 Å². The normalized spacial score (nSPS) is 27.8. The Balaban J connectivity index is 1.44. The minimum Gasteiger partial charge on any atom is -0.508 e. The molecule has 0 saturated carbocycles. The van der Waals surface area contributed by atoms with Gasteiger partial charge in [0.2, 0.25) is 5.79 Å². The summed E-state index contributed by atoms with van der Waals surface area (Å²) in [4.78, 5) is 38.9. The van der Waals surface area contributed by atoms with E-state index in [1.165, 1.54) is 91.0 Å². The molecule has 0 amide bonds. The highest BCUT2D eigenvalue weighted by molar-refractivity contribution is 5.88. The molecular formula is C39H40O17.